The predicted molar refractivity (Wildman–Crippen MR) is 77.4 cm³/mol. The Balaban J connectivity index is 2.80. The number of ether oxygens (including phenoxy) is 2. The number of carbonyl (C=O) groups excluding carboxylic acids is 3. The predicted octanol–water partition coefficient (Wildman–Crippen LogP) is 2.29. The Hall–Kier alpha value is -1.65. The summed E-state index contributed by atoms with van der Waals surface area (Å²) in [5.74, 6) is -2.43. The lowest BCUT2D eigenvalue weighted by Gasteiger charge is -2.30. The number of hydrogen-bond donors (Lipinski definition) is 0. The molecule has 0 saturated heterocycles. The van der Waals surface area contributed by atoms with Gasteiger partial charge in [0, 0.05) is 12.3 Å². The highest BCUT2D eigenvalue weighted by atomic mass is 16.6. The number of esters is 2. The Kier molecular flexibility index (Phi) is 7.12. The van der Waals surface area contributed by atoms with Gasteiger partial charge in [-0.05, 0) is 39.0 Å². The van der Waals surface area contributed by atoms with Gasteiger partial charge >= 0.3 is 11.9 Å². The van der Waals surface area contributed by atoms with Gasteiger partial charge < -0.3 is 9.47 Å². The van der Waals surface area contributed by atoms with E-state index in [1.165, 1.54) is 0 Å². The van der Waals surface area contributed by atoms with E-state index < -0.39 is 17.9 Å². The lowest BCUT2D eigenvalue weighted by Crippen LogP contribution is -2.38. The molecule has 0 aromatic carbocycles. The standard InChI is InChI=1S/C16H24O5/c1-4-7-11-8-9-12(10-13(11)17)14(15(18)20-5-2)16(19)21-6-3/h4,11-12,14H,1,5-10H2,2-3H3/t11-,12-/m1/s1. The molecule has 0 unspecified atom stereocenters. The van der Waals surface area contributed by atoms with E-state index in [1.807, 2.05) is 0 Å². The third kappa shape index (κ3) is 4.69. The zero-order chi connectivity index (χ0) is 15.8. The minimum atomic E-state index is -0.987. The van der Waals surface area contributed by atoms with Crippen LogP contribution in [0, 0.1) is 17.8 Å². The maximum Gasteiger partial charge on any atom is 0.320 e. The van der Waals surface area contributed by atoms with Crippen LogP contribution in [0.2, 0.25) is 0 Å². The van der Waals surface area contributed by atoms with Crippen molar-refractivity contribution in [2.24, 2.45) is 17.8 Å². The second kappa shape index (κ2) is 8.60. The van der Waals surface area contributed by atoms with Gasteiger partial charge in [0.25, 0.3) is 0 Å². The molecule has 118 valence electrons. The van der Waals surface area contributed by atoms with Crippen LogP contribution in [0.1, 0.15) is 39.5 Å². The third-order valence-corrected chi connectivity index (χ3v) is 3.81. The average molecular weight is 296 g/mol. The molecule has 0 radical (unpaired) electrons. The fourth-order valence-corrected chi connectivity index (χ4v) is 2.78. The number of allylic oxidation sites excluding steroid dienone is 1. The highest BCUT2D eigenvalue weighted by Crippen LogP contribution is 2.34. The molecule has 0 heterocycles. The van der Waals surface area contributed by atoms with Gasteiger partial charge in [0.2, 0.25) is 0 Å². The minimum Gasteiger partial charge on any atom is -0.465 e. The topological polar surface area (TPSA) is 69.7 Å². The SMILES string of the molecule is C=CC[C@@H]1CC[C@@H](C(C(=O)OCC)C(=O)OCC)CC1=O. The summed E-state index contributed by atoms with van der Waals surface area (Å²) in [5.41, 5.74) is 0. The van der Waals surface area contributed by atoms with Gasteiger partial charge in [0.1, 0.15) is 5.78 Å². The maximum atomic E-state index is 12.1. The smallest absolute Gasteiger partial charge is 0.320 e. The molecule has 0 spiro atoms. The highest BCUT2D eigenvalue weighted by Gasteiger charge is 2.41. The van der Waals surface area contributed by atoms with Crippen molar-refractivity contribution in [1.29, 1.82) is 0 Å². The fourth-order valence-electron chi connectivity index (χ4n) is 2.78. The molecule has 0 bridgehead atoms. The summed E-state index contributed by atoms with van der Waals surface area (Å²) in [6.07, 6.45) is 3.92. The van der Waals surface area contributed by atoms with E-state index in [-0.39, 0.29) is 37.3 Å². The molecule has 0 N–H and O–H groups in total. The number of ketones is 1. The van der Waals surface area contributed by atoms with Crippen molar-refractivity contribution in [2.45, 2.75) is 39.5 Å². The van der Waals surface area contributed by atoms with Gasteiger partial charge in [-0.1, -0.05) is 6.08 Å². The molecule has 0 aromatic rings. The van der Waals surface area contributed by atoms with Crippen molar-refractivity contribution in [1.82, 2.24) is 0 Å². The van der Waals surface area contributed by atoms with E-state index in [0.29, 0.717) is 19.3 Å². The first kappa shape index (κ1) is 17.4. The van der Waals surface area contributed by atoms with Crippen molar-refractivity contribution in [3.05, 3.63) is 12.7 Å². The largest absolute Gasteiger partial charge is 0.465 e. The van der Waals surface area contributed by atoms with E-state index in [2.05, 4.69) is 6.58 Å². The molecule has 1 fully saturated rings. The fraction of sp³-hybridized carbons (Fsp3) is 0.688. The van der Waals surface area contributed by atoms with Crippen LogP contribution < -0.4 is 0 Å². The van der Waals surface area contributed by atoms with Crippen LogP contribution in [0.3, 0.4) is 0 Å². The normalized spacial score (nSPS) is 22.0. The Labute approximate surface area is 125 Å². The Morgan fingerprint density at radius 3 is 2.24 bits per heavy atom. The van der Waals surface area contributed by atoms with Gasteiger partial charge in [0.05, 0.1) is 13.2 Å². The van der Waals surface area contributed by atoms with Gasteiger partial charge in [-0.15, -0.1) is 6.58 Å². The van der Waals surface area contributed by atoms with Crippen molar-refractivity contribution in [3.8, 4) is 0 Å². The first-order valence-electron chi connectivity index (χ1n) is 7.51. The second-order valence-corrected chi connectivity index (χ2v) is 5.21. The monoisotopic (exact) mass is 296 g/mol. The van der Waals surface area contributed by atoms with Crippen molar-refractivity contribution >= 4 is 17.7 Å². The van der Waals surface area contributed by atoms with E-state index in [1.54, 1.807) is 19.9 Å². The Morgan fingerprint density at radius 2 is 1.81 bits per heavy atom. The van der Waals surface area contributed by atoms with Crippen LogP contribution in [0.5, 0.6) is 0 Å². The highest BCUT2D eigenvalue weighted by molar-refractivity contribution is 5.96. The molecule has 0 amide bonds. The van der Waals surface area contributed by atoms with Crippen LogP contribution in [0.15, 0.2) is 12.7 Å². The van der Waals surface area contributed by atoms with Crippen LogP contribution in [-0.2, 0) is 23.9 Å². The van der Waals surface area contributed by atoms with Crippen molar-refractivity contribution < 1.29 is 23.9 Å². The number of hydrogen-bond acceptors (Lipinski definition) is 5. The molecule has 1 saturated carbocycles. The second-order valence-electron chi connectivity index (χ2n) is 5.21. The lowest BCUT2D eigenvalue weighted by molar-refractivity contribution is -0.165. The zero-order valence-corrected chi connectivity index (χ0v) is 12.8. The number of rotatable bonds is 7. The van der Waals surface area contributed by atoms with Crippen LogP contribution in [-0.4, -0.2) is 30.9 Å². The van der Waals surface area contributed by atoms with E-state index >= 15 is 0 Å². The molecule has 1 aliphatic rings. The Bertz CT molecular complexity index is 383. The summed E-state index contributed by atoms with van der Waals surface area (Å²) in [6, 6.07) is 0. The molecule has 1 rings (SSSR count). The first-order valence-corrected chi connectivity index (χ1v) is 7.51. The van der Waals surface area contributed by atoms with Gasteiger partial charge in [0.15, 0.2) is 5.92 Å². The molecule has 5 heteroatoms. The summed E-state index contributed by atoms with van der Waals surface area (Å²) in [4.78, 5) is 36.2. The average Bonchev–Trinajstić information content (AvgIpc) is 2.43. The molecule has 2 atom stereocenters. The van der Waals surface area contributed by atoms with Crippen LogP contribution in [0.25, 0.3) is 0 Å². The molecular weight excluding hydrogens is 272 g/mol. The molecular formula is C16H24O5. The number of Topliss-reactive ketones (excluding diaryl/α,β-unsaturated/α-hetero) is 1. The summed E-state index contributed by atoms with van der Waals surface area (Å²) in [5, 5.41) is 0. The summed E-state index contributed by atoms with van der Waals surface area (Å²) in [6.45, 7) is 7.43. The minimum absolute atomic E-state index is 0.0382. The zero-order valence-electron chi connectivity index (χ0n) is 12.8. The summed E-state index contributed by atoms with van der Waals surface area (Å²) >= 11 is 0. The maximum absolute atomic E-state index is 12.1. The molecule has 1 aliphatic carbocycles. The van der Waals surface area contributed by atoms with E-state index in [9.17, 15) is 14.4 Å². The van der Waals surface area contributed by atoms with E-state index in [4.69, 9.17) is 9.47 Å². The lowest BCUT2D eigenvalue weighted by atomic mass is 9.74. The third-order valence-electron chi connectivity index (χ3n) is 3.81. The first-order chi connectivity index (χ1) is 10.0. The summed E-state index contributed by atoms with van der Waals surface area (Å²) in [7, 11) is 0. The summed E-state index contributed by atoms with van der Waals surface area (Å²) < 4.78 is 9.93. The van der Waals surface area contributed by atoms with Crippen LogP contribution >= 0.6 is 0 Å². The van der Waals surface area contributed by atoms with Crippen LogP contribution in [0.4, 0.5) is 0 Å². The molecule has 0 aromatic heterocycles. The van der Waals surface area contributed by atoms with Gasteiger partial charge in [-0.25, -0.2) is 0 Å². The Morgan fingerprint density at radius 1 is 1.24 bits per heavy atom. The quantitative estimate of drug-likeness (QED) is 0.409. The number of carbonyl (C=O) groups is 3. The molecule has 0 aliphatic heterocycles. The van der Waals surface area contributed by atoms with Crippen molar-refractivity contribution in [3.63, 3.8) is 0 Å². The van der Waals surface area contributed by atoms with Gasteiger partial charge in [-0.2, -0.15) is 0 Å². The van der Waals surface area contributed by atoms with Crippen molar-refractivity contribution in [2.75, 3.05) is 13.2 Å². The van der Waals surface area contributed by atoms with Gasteiger partial charge in [-0.3, -0.25) is 14.4 Å². The molecule has 5 nitrogen and oxygen atoms in total. The van der Waals surface area contributed by atoms with E-state index in [0.717, 1.165) is 0 Å². The molecule has 21 heavy (non-hydrogen) atoms.